The normalized spacial score (nSPS) is 12.2. The first kappa shape index (κ1) is 18.0. The number of nitrogens with one attached hydrogen (secondary N) is 2. The Labute approximate surface area is 154 Å². The van der Waals surface area contributed by atoms with Crippen LogP contribution in [0.25, 0.3) is 33.1 Å². The summed E-state index contributed by atoms with van der Waals surface area (Å²) in [5.74, 6) is -0.541. The topological polar surface area (TPSA) is 100 Å². The second-order valence-electron chi connectivity index (χ2n) is 6.42. The molecular formula is C18H13F4N5O. The fourth-order valence-electron chi connectivity index (χ4n) is 3.29. The lowest BCUT2D eigenvalue weighted by Crippen LogP contribution is -2.17. The van der Waals surface area contributed by atoms with E-state index in [-0.39, 0.29) is 38.9 Å². The molecule has 4 aromatic rings. The van der Waals surface area contributed by atoms with Gasteiger partial charge in [0.1, 0.15) is 17.0 Å². The number of fused-ring (bicyclic) bond motifs is 2. The Morgan fingerprint density at radius 1 is 1.18 bits per heavy atom. The van der Waals surface area contributed by atoms with Crippen LogP contribution in [0.4, 0.5) is 23.2 Å². The van der Waals surface area contributed by atoms with Gasteiger partial charge in [0, 0.05) is 17.1 Å². The molecule has 1 aromatic carbocycles. The van der Waals surface area contributed by atoms with Gasteiger partial charge in [0.15, 0.2) is 0 Å². The molecule has 0 aliphatic rings. The van der Waals surface area contributed by atoms with Crippen molar-refractivity contribution in [1.82, 2.24) is 20.2 Å². The number of nitrogens with zero attached hydrogens (tertiary/aromatic N) is 2. The zero-order valence-corrected chi connectivity index (χ0v) is 14.4. The fraction of sp³-hybridized carbons (Fsp3) is 0.167. The highest BCUT2D eigenvalue weighted by molar-refractivity contribution is 6.06. The summed E-state index contributed by atoms with van der Waals surface area (Å²) in [4.78, 5) is 19.0. The molecule has 0 saturated heterocycles. The van der Waals surface area contributed by atoms with Crippen LogP contribution >= 0.6 is 0 Å². The molecule has 3 aromatic heterocycles. The first-order valence-electron chi connectivity index (χ1n) is 8.16. The minimum atomic E-state index is -4.42. The zero-order valence-electron chi connectivity index (χ0n) is 14.4. The molecule has 0 aliphatic carbocycles. The first-order chi connectivity index (χ1) is 13.2. The van der Waals surface area contributed by atoms with E-state index in [0.717, 1.165) is 6.20 Å². The molecule has 144 valence electrons. The van der Waals surface area contributed by atoms with E-state index in [1.807, 2.05) is 0 Å². The Bertz CT molecular complexity index is 1290. The Balaban J connectivity index is 2.07. The van der Waals surface area contributed by atoms with Crippen LogP contribution in [0.5, 0.6) is 0 Å². The molecule has 0 atom stereocenters. The van der Waals surface area contributed by atoms with Crippen LogP contribution in [-0.2, 0) is 6.42 Å². The summed E-state index contributed by atoms with van der Waals surface area (Å²) in [5.41, 5.74) is 6.43. The van der Waals surface area contributed by atoms with Crippen molar-refractivity contribution < 1.29 is 17.6 Å². The van der Waals surface area contributed by atoms with E-state index in [2.05, 4.69) is 20.2 Å². The molecule has 0 fully saturated rings. The van der Waals surface area contributed by atoms with Crippen molar-refractivity contribution >= 4 is 27.6 Å². The van der Waals surface area contributed by atoms with Gasteiger partial charge < -0.3 is 10.7 Å². The van der Waals surface area contributed by atoms with Gasteiger partial charge in [0.25, 0.3) is 5.56 Å². The van der Waals surface area contributed by atoms with Gasteiger partial charge in [-0.25, -0.2) is 4.39 Å². The molecule has 0 aliphatic heterocycles. The van der Waals surface area contributed by atoms with Crippen LogP contribution in [0.1, 0.15) is 11.1 Å². The molecule has 4 N–H and O–H groups in total. The number of aromatic nitrogens is 4. The number of pyridine rings is 2. The van der Waals surface area contributed by atoms with Crippen molar-refractivity contribution in [2.75, 3.05) is 5.73 Å². The van der Waals surface area contributed by atoms with Gasteiger partial charge >= 0.3 is 6.18 Å². The lowest BCUT2D eigenvalue weighted by Gasteiger charge is -2.15. The van der Waals surface area contributed by atoms with E-state index in [0.29, 0.717) is 10.9 Å². The Hall–Kier alpha value is -3.43. The number of anilines is 1. The minimum absolute atomic E-state index is 0.0565. The van der Waals surface area contributed by atoms with Gasteiger partial charge in [-0.05, 0) is 29.7 Å². The van der Waals surface area contributed by atoms with Crippen molar-refractivity contribution in [1.29, 1.82) is 0 Å². The molecule has 0 saturated carbocycles. The van der Waals surface area contributed by atoms with Gasteiger partial charge in [0.2, 0.25) is 0 Å². The van der Waals surface area contributed by atoms with Gasteiger partial charge in [-0.15, -0.1) is 0 Å². The first-order valence-corrected chi connectivity index (χ1v) is 8.16. The number of aryl methyl sites for hydroxylation is 1. The third-order valence-corrected chi connectivity index (χ3v) is 4.66. The van der Waals surface area contributed by atoms with Gasteiger partial charge in [-0.2, -0.15) is 18.3 Å². The quantitative estimate of drug-likeness (QED) is 0.455. The highest BCUT2D eigenvalue weighted by Gasteiger charge is 2.29. The maximum Gasteiger partial charge on any atom is 0.393 e. The molecule has 0 unspecified atom stereocenters. The number of rotatable bonds is 2. The van der Waals surface area contributed by atoms with Crippen molar-refractivity contribution in [3.63, 3.8) is 0 Å². The lowest BCUT2D eigenvalue weighted by molar-refractivity contribution is -0.127. The summed E-state index contributed by atoms with van der Waals surface area (Å²) in [7, 11) is 0. The molecule has 4 rings (SSSR count). The number of aromatic amines is 2. The predicted octanol–water partition coefficient (Wildman–Crippen LogP) is 3.60. The van der Waals surface area contributed by atoms with Gasteiger partial charge in [-0.3, -0.25) is 14.9 Å². The summed E-state index contributed by atoms with van der Waals surface area (Å²) >= 11 is 0. The van der Waals surface area contributed by atoms with E-state index < -0.39 is 24.0 Å². The van der Waals surface area contributed by atoms with E-state index in [4.69, 9.17) is 5.73 Å². The summed E-state index contributed by atoms with van der Waals surface area (Å²) in [6.45, 7) is 1.47. The Morgan fingerprint density at radius 2 is 1.93 bits per heavy atom. The molecule has 0 spiro atoms. The molecular weight excluding hydrogens is 378 g/mol. The fourth-order valence-corrected chi connectivity index (χ4v) is 3.29. The second kappa shape index (κ2) is 6.04. The summed E-state index contributed by atoms with van der Waals surface area (Å²) in [5, 5.41) is 6.72. The van der Waals surface area contributed by atoms with Gasteiger partial charge in [-0.1, -0.05) is 6.07 Å². The van der Waals surface area contributed by atoms with Crippen LogP contribution in [0.3, 0.4) is 0 Å². The lowest BCUT2D eigenvalue weighted by atomic mass is 9.97. The SMILES string of the molecule is Cc1c(CC(F)(F)F)cnc2c(-c3ccc(F)c4[nH]ncc34)c(N)c(=O)[nH]c12. The number of nitrogens with two attached hydrogens (primary N) is 1. The number of halogens is 4. The molecule has 3 heterocycles. The van der Waals surface area contributed by atoms with Crippen molar-refractivity contribution in [2.45, 2.75) is 19.5 Å². The molecule has 0 bridgehead atoms. The third-order valence-electron chi connectivity index (χ3n) is 4.66. The summed E-state index contributed by atoms with van der Waals surface area (Å²) in [6, 6.07) is 2.62. The average Bonchev–Trinajstić information content (AvgIpc) is 3.10. The largest absolute Gasteiger partial charge is 0.394 e. The number of hydrogen-bond acceptors (Lipinski definition) is 4. The molecule has 0 amide bonds. The monoisotopic (exact) mass is 391 g/mol. The third kappa shape index (κ3) is 2.77. The number of nitrogen functional groups attached to an aromatic ring is 1. The van der Waals surface area contributed by atoms with Crippen LogP contribution in [-0.4, -0.2) is 26.3 Å². The standard InChI is InChI=1S/C18H13F4N5O/c1-7-8(4-18(20,21)22)5-24-16-12(13(23)17(28)26-14(7)16)9-2-3-11(19)15-10(9)6-25-27-15/h2-3,5-6H,4,23H2,1H3,(H,25,27)(H,26,28). The molecule has 6 nitrogen and oxygen atoms in total. The van der Waals surface area contributed by atoms with Crippen LogP contribution in [0, 0.1) is 12.7 Å². The van der Waals surface area contributed by atoms with E-state index in [1.165, 1.54) is 25.3 Å². The highest BCUT2D eigenvalue weighted by Crippen LogP contribution is 2.36. The molecule has 0 radical (unpaired) electrons. The van der Waals surface area contributed by atoms with Gasteiger partial charge in [0.05, 0.1) is 23.7 Å². The number of hydrogen-bond donors (Lipinski definition) is 3. The minimum Gasteiger partial charge on any atom is -0.394 e. The maximum absolute atomic E-state index is 14.0. The zero-order chi connectivity index (χ0) is 20.2. The highest BCUT2D eigenvalue weighted by atomic mass is 19.4. The summed E-state index contributed by atoms with van der Waals surface area (Å²) < 4.78 is 52.5. The Kier molecular flexibility index (Phi) is 3.88. The van der Waals surface area contributed by atoms with E-state index in [1.54, 1.807) is 0 Å². The van der Waals surface area contributed by atoms with Crippen molar-refractivity contribution in [2.24, 2.45) is 0 Å². The van der Waals surface area contributed by atoms with Crippen molar-refractivity contribution in [3.05, 3.63) is 51.8 Å². The van der Waals surface area contributed by atoms with E-state index in [9.17, 15) is 22.4 Å². The number of H-pyrrole nitrogens is 2. The maximum atomic E-state index is 14.0. The average molecular weight is 391 g/mol. The summed E-state index contributed by atoms with van der Waals surface area (Å²) in [6.07, 6.45) is -3.10. The number of benzene rings is 1. The predicted molar refractivity (Wildman–Crippen MR) is 96.3 cm³/mol. The van der Waals surface area contributed by atoms with Crippen LogP contribution in [0.15, 0.2) is 29.3 Å². The second-order valence-corrected chi connectivity index (χ2v) is 6.42. The smallest absolute Gasteiger partial charge is 0.393 e. The number of alkyl halides is 3. The van der Waals surface area contributed by atoms with E-state index >= 15 is 0 Å². The van der Waals surface area contributed by atoms with Crippen LogP contribution < -0.4 is 11.3 Å². The molecule has 10 heteroatoms. The molecule has 28 heavy (non-hydrogen) atoms. The Morgan fingerprint density at radius 3 is 2.64 bits per heavy atom. The van der Waals surface area contributed by atoms with Crippen molar-refractivity contribution in [3.8, 4) is 11.1 Å². The van der Waals surface area contributed by atoms with Crippen LogP contribution in [0.2, 0.25) is 0 Å².